The fourth-order valence-corrected chi connectivity index (χ4v) is 3.28. The van der Waals surface area contributed by atoms with Crippen LogP contribution in [0.3, 0.4) is 0 Å². The molecule has 0 saturated carbocycles. The lowest BCUT2D eigenvalue weighted by molar-refractivity contribution is 0.301. The van der Waals surface area contributed by atoms with E-state index in [1.165, 1.54) is 16.7 Å². The first-order chi connectivity index (χ1) is 10.2. The molecule has 1 heterocycles. The fraction of sp³-hybridized carbons (Fsp3) is 0.300. The minimum Gasteiger partial charge on any atom is -0.299 e. The molecule has 1 nitrogen and oxygen atoms in total. The summed E-state index contributed by atoms with van der Waals surface area (Å²) in [6.07, 6.45) is 0. The maximum Gasteiger partial charge on any atom is 0.0205 e. The molecule has 1 heteroatoms. The minimum atomic E-state index is 0.588. The number of likely N-dealkylation sites (tertiary alicyclic amines) is 1. The zero-order valence-electron chi connectivity index (χ0n) is 13.1. The summed E-state index contributed by atoms with van der Waals surface area (Å²) in [5, 5.41) is 0. The van der Waals surface area contributed by atoms with E-state index < -0.39 is 0 Å². The maximum atomic E-state index is 2.45. The van der Waals surface area contributed by atoms with Crippen molar-refractivity contribution in [1.82, 2.24) is 4.90 Å². The van der Waals surface area contributed by atoms with Crippen molar-refractivity contribution in [3.8, 4) is 0 Å². The summed E-state index contributed by atoms with van der Waals surface area (Å²) in [6, 6.07) is 22.2. The van der Waals surface area contributed by atoms with E-state index >= 15 is 0 Å². The van der Waals surface area contributed by atoms with Gasteiger partial charge in [0.2, 0.25) is 0 Å². The van der Waals surface area contributed by atoms with Crippen LogP contribution >= 0.6 is 0 Å². The molecule has 2 atom stereocenters. The van der Waals surface area contributed by atoms with E-state index in [1.54, 1.807) is 5.57 Å². The molecule has 0 amide bonds. The molecule has 3 rings (SSSR count). The number of nitrogens with zero attached hydrogens (tertiary/aromatic N) is 1. The summed E-state index contributed by atoms with van der Waals surface area (Å²) in [6.45, 7) is 5.74. The average molecular weight is 277 g/mol. The Labute approximate surface area is 127 Å². The van der Waals surface area contributed by atoms with Gasteiger partial charge in [-0.1, -0.05) is 67.6 Å². The van der Waals surface area contributed by atoms with Crippen molar-refractivity contribution in [3.05, 3.63) is 77.4 Å². The van der Waals surface area contributed by atoms with Gasteiger partial charge in [-0.2, -0.15) is 0 Å². The van der Waals surface area contributed by atoms with Crippen LogP contribution in [0.2, 0.25) is 0 Å². The Kier molecular flexibility index (Phi) is 3.94. The standard InChI is InChI=1S/C20H23N/c1-15-16(2)21(3)14-19(15)20(17-10-6-4-7-11-17)18-12-8-5-9-13-18/h4-13,15-16H,14H2,1-3H3/t15-,16+/m1/s1. The van der Waals surface area contributed by atoms with Crippen molar-refractivity contribution in [1.29, 1.82) is 0 Å². The van der Waals surface area contributed by atoms with Gasteiger partial charge in [-0.15, -0.1) is 0 Å². The van der Waals surface area contributed by atoms with Crippen molar-refractivity contribution in [3.63, 3.8) is 0 Å². The fourth-order valence-electron chi connectivity index (χ4n) is 3.28. The Morgan fingerprint density at radius 3 is 1.71 bits per heavy atom. The van der Waals surface area contributed by atoms with Gasteiger partial charge >= 0.3 is 0 Å². The molecule has 108 valence electrons. The predicted molar refractivity (Wildman–Crippen MR) is 90.2 cm³/mol. The largest absolute Gasteiger partial charge is 0.299 e. The van der Waals surface area contributed by atoms with Gasteiger partial charge in [0.25, 0.3) is 0 Å². The Morgan fingerprint density at radius 2 is 1.33 bits per heavy atom. The van der Waals surface area contributed by atoms with Crippen LogP contribution in [0.15, 0.2) is 66.2 Å². The van der Waals surface area contributed by atoms with E-state index in [-0.39, 0.29) is 0 Å². The highest BCUT2D eigenvalue weighted by Gasteiger charge is 2.31. The Bertz CT molecular complexity index is 586. The topological polar surface area (TPSA) is 3.24 Å². The summed E-state index contributed by atoms with van der Waals surface area (Å²) < 4.78 is 0. The molecule has 0 spiro atoms. The van der Waals surface area contributed by atoms with Crippen molar-refractivity contribution in [2.24, 2.45) is 5.92 Å². The molecule has 21 heavy (non-hydrogen) atoms. The monoisotopic (exact) mass is 277 g/mol. The van der Waals surface area contributed by atoms with Gasteiger partial charge in [0.15, 0.2) is 0 Å². The number of hydrogen-bond acceptors (Lipinski definition) is 1. The molecule has 0 unspecified atom stereocenters. The van der Waals surface area contributed by atoms with Crippen LogP contribution in [0.25, 0.3) is 5.57 Å². The molecule has 0 aliphatic carbocycles. The molecule has 0 N–H and O–H groups in total. The van der Waals surface area contributed by atoms with E-state index in [1.807, 2.05) is 0 Å². The lowest BCUT2D eigenvalue weighted by Crippen LogP contribution is -2.24. The van der Waals surface area contributed by atoms with Crippen LogP contribution in [0.5, 0.6) is 0 Å². The minimum absolute atomic E-state index is 0.588. The summed E-state index contributed by atoms with van der Waals surface area (Å²) in [5.41, 5.74) is 5.63. The zero-order chi connectivity index (χ0) is 14.8. The molecule has 1 aliphatic heterocycles. The average Bonchev–Trinajstić information content (AvgIpc) is 2.78. The highest BCUT2D eigenvalue weighted by Crippen LogP contribution is 2.36. The third kappa shape index (κ3) is 2.66. The predicted octanol–water partition coefficient (Wildman–Crippen LogP) is 4.46. The smallest absolute Gasteiger partial charge is 0.0205 e. The third-order valence-electron chi connectivity index (χ3n) is 4.83. The van der Waals surface area contributed by atoms with Gasteiger partial charge in [-0.3, -0.25) is 4.90 Å². The third-order valence-corrected chi connectivity index (χ3v) is 4.83. The van der Waals surface area contributed by atoms with Crippen LogP contribution in [-0.4, -0.2) is 24.5 Å². The van der Waals surface area contributed by atoms with Crippen LogP contribution in [0.1, 0.15) is 25.0 Å². The van der Waals surface area contributed by atoms with E-state index in [2.05, 4.69) is 86.5 Å². The molecule has 2 aromatic rings. The molecule has 1 saturated heterocycles. The van der Waals surface area contributed by atoms with Gasteiger partial charge in [-0.05, 0) is 42.2 Å². The van der Waals surface area contributed by atoms with Gasteiger partial charge < -0.3 is 0 Å². The first-order valence-electron chi connectivity index (χ1n) is 7.72. The SMILES string of the molecule is C[C@H]1C(=C(c2ccccc2)c2ccccc2)CN(C)[C@H]1C. The molecular formula is C20H23N. The summed E-state index contributed by atoms with van der Waals surface area (Å²) in [7, 11) is 2.22. The lowest BCUT2D eigenvalue weighted by Gasteiger charge is -2.17. The number of likely N-dealkylation sites (N-methyl/N-ethyl adjacent to an activating group) is 1. The van der Waals surface area contributed by atoms with Gasteiger partial charge in [0.1, 0.15) is 0 Å². The summed E-state index contributed by atoms with van der Waals surface area (Å²) in [4.78, 5) is 2.45. The number of rotatable bonds is 2. The molecule has 1 aliphatic rings. The van der Waals surface area contributed by atoms with Crippen molar-refractivity contribution in [2.45, 2.75) is 19.9 Å². The van der Waals surface area contributed by atoms with Crippen LogP contribution < -0.4 is 0 Å². The van der Waals surface area contributed by atoms with Crippen molar-refractivity contribution in [2.75, 3.05) is 13.6 Å². The van der Waals surface area contributed by atoms with Crippen LogP contribution in [-0.2, 0) is 0 Å². The van der Waals surface area contributed by atoms with Gasteiger partial charge in [0, 0.05) is 12.6 Å². The van der Waals surface area contributed by atoms with E-state index in [0.717, 1.165) is 6.54 Å². The molecule has 0 radical (unpaired) electrons. The van der Waals surface area contributed by atoms with Crippen molar-refractivity contribution >= 4 is 5.57 Å². The highest BCUT2D eigenvalue weighted by atomic mass is 15.2. The number of benzene rings is 2. The van der Waals surface area contributed by atoms with Crippen molar-refractivity contribution < 1.29 is 0 Å². The van der Waals surface area contributed by atoms with Gasteiger partial charge in [-0.25, -0.2) is 0 Å². The second kappa shape index (κ2) is 5.87. The Morgan fingerprint density at radius 1 is 0.857 bits per heavy atom. The van der Waals surface area contributed by atoms with Gasteiger partial charge in [0.05, 0.1) is 0 Å². The Hall–Kier alpha value is -1.86. The Balaban J connectivity index is 2.19. The lowest BCUT2D eigenvalue weighted by atomic mass is 9.87. The highest BCUT2D eigenvalue weighted by molar-refractivity contribution is 5.83. The number of hydrogen-bond donors (Lipinski definition) is 0. The quantitative estimate of drug-likeness (QED) is 0.783. The molecule has 2 aromatic carbocycles. The maximum absolute atomic E-state index is 2.45. The second-order valence-corrected chi connectivity index (χ2v) is 6.08. The molecule has 0 aromatic heterocycles. The van der Waals surface area contributed by atoms with E-state index in [0.29, 0.717) is 12.0 Å². The molecule has 0 bridgehead atoms. The van der Waals surface area contributed by atoms with E-state index in [4.69, 9.17) is 0 Å². The first kappa shape index (κ1) is 14.1. The molecule has 1 fully saturated rings. The van der Waals surface area contributed by atoms with Crippen LogP contribution in [0, 0.1) is 5.92 Å². The second-order valence-electron chi connectivity index (χ2n) is 6.08. The van der Waals surface area contributed by atoms with E-state index in [9.17, 15) is 0 Å². The summed E-state index contributed by atoms with van der Waals surface area (Å²) >= 11 is 0. The van der Waals surface area contributed by atoms with Crippen LogP contribution in [0.4, 0.5) is 0 Å². The zero-order valence-corrected chi connectivity index (χ0v) is 13.1. The molecular weight excluding hydrogens is 254 g/mol. The first-order valence-corrected chi connectivity index (χ1v) is 7.72. The summed E-state index contributed by atoms with van der Waals surface area (Å²) in [5.74, 6) is 0.588. The normalized spacial score (nSPS) is 22.5.